The first-order valence-electron chi connectivity index (χ1n) is 10.6. The number of nitrogens with one attached hydrogen (secondary N) is 1. The second kappa shape index (κ2) is 8.65. The first kappa shape index (κ1) is 19.4. The van der Waals surface area contributed by atoms with Crippen LogP contribution >= 0.6 is 0 Å². The van der Waals surface area contributed by atoms with Gasteiger partial charge in [0.15, 0.2) is 5.69 Å². The highest BCUT2D eigenvalue weighted by molar-refractivity contribution is 5.99. The molecule has 1 aliphatic heterocycles. The standard InChI is InChI=1S/C24H24N6O/c31-24(27-16-18-7-5-11-25-15-18)22-20-9-2-4-14-30(20)23(28-22)21-10-6-13-29(21)17-19-8-1-3-12-26-19/h1-5,7-9,11-12,14-15,21H,6,10,13,16-17H2,(H,27,31). The van der Waals surface area contributed by atoms with E-state index in [1.807, 2.05) is 54.9 Å². The lowest BCUT2D eigenvalue weighted by atomic mass is 10.2. The molecule has 5 rings (SSSR count). The van der Waals surface area contributed by atoms with Crippen molar-refractivity contribution in [3.05, 3.63) is 96.1 Å². The maximum Gasteiger partial charge on any atom is 0.272 e. The van der Waals surface area contributed by atoms with E-state index in [4.69, 9.17) is 4.98 Å². The van der Waals surface area contributed by atoms with Gasteiger partial charge in [0.1, 0.15) is 5.82 Å². The van der Waals surface area contributed by atoms with Gasteiger partial charge in [-0.05, 0) is 55.3 Å². The van der Waals surface area contributed by atoms with E-state index in [2.05, 4.69) is 30.7 Å². The number of pyridine rings is 3. The van der Waals surface area contributed by atoms with E-state index in [9.17, 15) is 4.79 Å². The van der Waals surface area contributed by atoms with Gasteiger partial charge in [-0.15, -0.1) is 0 Å². The van der Waals surface area contributed by atoms with Crippen LogP contribution in [0.4, 0.5) is 0 Å². The lowest BCUT2D eigenvalue weighted by Crippen LogP contribution is -2.25. The Morgan fingerprint density at radius 3 is 2.87 bits per heavy atom. The summed E-state index contributed by atoms with van der Waals surface area (Å²) in [6.07, 6.45) is 9.41. The van der Waals surface area contributed by atoms with Crippen LogP contribution < -0.4 is 5.32 Å². The zero-order valence-electron chi connectivity index (χ0n) is 17.2. The van der Waals surface area contributed by atoms with E-state index in [0.29, 0.717) is 12.2 Å². The van der Waals surface area contributed by atoms with Crippen molar-refractivity contribution in [1.82, 2.24) is 29.6 Å². The molecule has 7 heteroatoms. The lowest BCUT2D eigenvalue weighted by Gasteiger charge is -2.23. The molecule has 1 atom stereocenters. The van der Waals surface area contributed by atoms with Gasteiger partial charge in [0.25, 0.3) is 5.91 Å². The number of carbonyl (C=O) groups is 1. The van der Waals surface area contributed by atoms with Gasteiger partial charge in [-0.1, -0.05) is 18.2 Å². The molecule has 1 saturated heterocycles. The molecule has 156 valence electrons. The molecule has 4 aromatic heterocycles. The van der Waals surface area contributed by atoms with E-state index in [-0.39, 0.29) is 11.9 Å². The summed E-state index contributed by atoms with van der Waals surface area (Å²) in [7, 11) is 0. The highest BCUT2D eigenvalue weighted by Crippen LogP contribution is 2.33. The topological polar surface area (TPSA) is 75.4 Å². The Labute approximate surface area is 180 Å². The minimum atomic E-state index is -0.173. The summed E-state index contributed by atoms with van der Waals surface area (Å²) in [6.45, 7) is 2.18. The maximum atomic E-state index is 13.0. The Morgan fingerprint density at radius 2 is 2.03 bits per heavy atom. The molecule has 5 heterocycles. The number of hydrogen-bond acceptors (Lipinski definition) is 5. The summed E-state index contributed by atoms with van der Waals surface area (Å²) in [5.74, 6) is 0.739. The minimum absolute atomic E-state index is 0.150. The van der Waals surface area contributed by atoms with E-state index < -0.39 is 0 Å². The number of likely N-dealkylation sites (tertiary alicyclic amines) is 1. The molecule has 0 aliphatic carbocycles. The second-order valence-electron chi connectivity index (χ2n) is 7.77. The van der Waals surface area contributed by atoms with Gasteiger partial charge in [0, 0.05) is 37.9 Å². The van der Waals surface area contributed by atoms with Crippen LogP contribution in [0.5, 0.6) is 0 Å². The number of rotatable bonds is 6. The number of hydrogen-bond donors (Lipinski definition) is 1. The fourth-order valence-electron chi connectivity index (χ4n) is 4.24. The van der Waals surface area contributed by atoms with Crippen LogP contribution in [0.15, 0.2) is 73.3 Å². The van der Waals surface area contributed by atoms with Crippen molar-refractivity contribution in [1.29, 1.82) is 0 Å². The summed E-state index contributed by atoms with van der Waals surface area (Å²) < 4.78 is 2.06. The summed E-state index contributed by atoms with van der Waals surface area (Å²) >= 11 is 0. The van der Waals surface area contributed by atoms with E-state index in [1.165, 1.54) is 0 Å². The fourth-order valence-corrected chi connectivity index (χ4v) is 4.24. The Morgan fingerprint density at radius 1 is 1.10 bits per heavy atom. The van der Waals surface area contributed by atoms with Crippen molar-refractivity contribution in [2.45, 2.75) is 32.0 Å². The molecule has 1 aliphatic rings. The number of fused-ring (bicyclic) bond motifs is 1. The zero-order chi connectivity index (χ0) is 21.0. The van der Waals surface area contributed by atoms with Crippen molar-refractivity contribution in [3.63, 3.8) is 0 Å². The van der Waals surface area contributed by atoms with Gasteiger partial charge in [0.2, 0.25) is 0 Å². The van der Waals surface area contributed by atoms with Crippen molar-refractivity contribution in [2.75, 3.05) is 6.54 Å². The molecule has 1 amide bonds. The highest BCUT2D eigenvalue weighted by Gasteiger charge is 2.31. The normalized spacial score (nSPS) is 16.6. The largest absolute Gasteiger partial charge is 0.346 e. The smallest absolute Gasteiger partial charge is 0.272 e. The molecule has 0 saturated carbocycles. The monoisotopic (exact) mass is 412 g/mol. The van der Waals surface area contributed by atoms with Crippen LogP contribution in [-0.4, -0.2) is 36.7 Å². The molecule has 0 aromatic carbocycles. The number of carbonyl (C=O) groups excluding carboxylic acids is 1. The van der Waals surface area contributed by atoms with Crippen LogP contribution in [0.25, 0.3) is 5.52 Å². The van der Waals surface area contributed by atoms with Crippen LogP contribution in [0.2, 0.25) is 0 Å². The van der Waals surface area contributed by atoms with Gasteiger partial charge in [0.05, 0.1) is 17.3 Å². The van der Waals surface area contributed by atoms with Crippen molar-refractivity contribution in [2.24, 2.45) is 0 Å². The van der Waals surface area contributed by atoms with Crippen LogP contribution in [0.3, 0.4) is 0 Å². The first-order valence-corrected chi connectivity index (χ1v) is 10.6. The fraction of sp³-hybridized carbons (Fsp3) is 0.250. The van der Waals surface area contributed by atoms with Gasteiger partial charge >= 0.3 is 0 Å². The lowest BCUT2D eigenvalue weighted by molar-refractivity contribution is 0.0947. The summed E-state index contributed by atoms with van der Waals surface area (Å²) in [6, 6.07) is 15.8. The van der Waals surface area contributed by atoms with Gasteiger partial charge < -0.3 is 9.72 Å². The average Bonchev–Trinajstić information content (AvgIpc) is 3.43. The molecule has 1 unspecified atom stereocenters. The third kappa shape index (κ3) is 4.04. The van der Waals surface area contributed by atoms with Crippen LogP contribution in [0.1, 0.15) is 46.5 Å². The molecule has 0 spiro atoms. The summed E-state index contributed by atoms with van der Waals surface area (Å²) in [5.41, 5.74) is 3.29. The molecular weight excluding hydrogens is 388 g/mol. The molecule has 7 nitrogen and oxygen atoms in total. The Balaban J connectivity index is 1.42. The number of imidazole rings is 1. The molecular formula is C24H24N6O. The molecule has 0 bridgehead atoms. The SMILES string of the molecule is O=C(NCc1cccnc1)c1nc(C2CCCN2Cc2ccccn2)n2ccccc12. The molecule has 1 N–H and O–H groups in total. The average molecular weight is 412 g/mol. The Hall–Kier alpha value is -3.58. The van der Waals surface area contributed by atoms with Gasteiger partial charge in [-0.3, -0.25) is 19.7 Å². The minimum Gasteiger partial charge on any atom is -0.346 e. The highest BCUT2D eigenvalue weighted by atomic mass is 16.1. The first-order chi connectivity index (χ1) is 15.3. The van der Waals surface area contributed by atoms with Crippen LogP contribution in [0, 0.1) is 0 Å². The predicted molar refractivity (Wildman–Crippen MR) is 117 cm³/mol. The van der Waals surface area contributed by atoms with Gasteiger partial charge in [-0.25, -0.2) is 4.98 Å². The molecule has 31 heavy (non-hydrogen) atoms. The molecule has 0 radical (unpaired) electrons. The number of nitrogens with zero attached hydrogens (tertiary/aromatic N) is 5. The third-order valence-corrected chi connectivity index (χ3v) is 5.72. The summed E-state index contributed by atoms with van der Waals surface area (Å²) in [4.78, 5) is 28.8. The molecule has 4 aromatic rings. The van der Waals surface area contributed by atoms with Crippen LogP contribution in [-0.2, 0) is 13.1 Å². The quantitative estimate of drug-likeness (QED) is 0.525. The molecule has 1 fully saturated rings. The zero-order valence-corrected chi connectivity index (χ0v) is 17.2. The van der Waals surface area contributed by atoms with Gasteiger partial charge in [-0.2, -0.15) is 0 Å². The Bertz CT molecular complexity index is 1170. The Kier molecular flexibility index (Phi) is 5.41. The maximum absolute atomic E-state index is 13.0. The van der Waals surface area contributed by atoms with Crippen molar-refractivity contribution < 1.29 is 4.79 Å². The second-order valence-corrected chi connectivity index (χ2v) is 7.77. The van der Waals surface area contributed by atoms with E-state index >= 15 is 0 Å². The van der Waals surface area contributed by atoms with Crippen molar-refractivity contribution >= 4 is 11.4 Å². The third-order valence-electron chi connectivity index (χ3n) is 5.72. The predicted octanol–water partition coefficient (Wildman–Crippen LogP) is 3.39. The summed E-state index contributed by atoms with van der Waals surface area (Å²) in [5, 5.41) is 2.98. The van der Waals surface area contributed by atoms with E-state index in [1.54, 1.807) is 12.4 Å². The number of amides is 1. The van der Waals surface area contributed by atoms with Crippen molar-refractivity contribution in [3.8, 4) is 0 Å². The van der Waals surface area contributed by atoms with E-state index in [0.717, 1.165) is 48.5 Å². The number of aromatic nitrogens is 4.